The molecule has 3 N–H and O–H groups in total. The second-order valence-corrected chi connectivity index (χ2v) is 4.04. The number of aromatic amines is 1. The van der Waals surface area contributed by atoms with Gasteiger partial charge in [-0.25, -0.2) is 0 Å². The van der Waals surface area contributed by atoms with E-state index >= 15 is 0 Å². The van der Waals surface area contributed by atoms with Gasteiger partial charge in [-0.15, -0.1) is 0 Å². The van der Waals surface area contributed by atoms with Crippen LogP contribution >= 0.6 is 0 Å². The Hall–Kier alpha value is -1.36. The number of hydrogen-bond donors (Lipinski definition) is 3. The van der Waals surface area contributed by atoms with Crippen LogP contribution in [0.1, 0.15) is 26.3 Å². The highest BCUT2D eigenvalue weighted by atomic mass is 16.2. The van der Waals surface area contributed by atoms with Crippen molar-refractivity contribution in [3.63, 3.8) is 0 Å². The summed E-state index contributed by atoms with van der Waals surface area (Å²) in [5, 5.41) is 12.5. The Labute approximate surface area is 89.6 Å². The Bertz CT molecular complexity index is 343. The van der Waals surface area contributed by atoms with Crippen molar-refractivity contribution in [3.05, 3.63) is 11.8 Å². The molecule has 0 unspecified atom stereocenters. The third-order valence-corrected chi connectivity index (χ3v) is 2.25. The number of anilines is 1. The van der Waals surface area contributed by atoms with Crippen molar-refractivity contribution >= 4 is 11.7 Å². The molecule has 0 aliphatic carbocycles. The number of amides is 1. The molecule has 0 spiro atoms. The van der Waals surface area contributed by atoms with E-state index in [9.17, 15) is 4.79 Å². The fourth-order valence-electron chi connectivity index (χ4n) is 1.26. The minimum atomic E-state index is -0.577. The predicted molar refractivity (Wildman–Crippen MR) is 59.7 cm³/mol. The summed E-state index contributed by atoms with van der Waals surface area (Å²) in [6, 6.07) is 0. The quantitative estimate of drug-likeness (QED) is 0.695. The highest BCUT2D eigenvalue weighted by Crippen LogP contribution is 2.11. The van der Waals surface area contributed by atoms with Crippen LogP contribution in [0.15, 0.2) is 6.20 Å². The second-order valence-electron chi connectivity index (χ2n) is 4.04. The highest BCUT2D eigenvalue weighted by Gasteiger charge is 2.26. The average Bonchev–Trinajstić information content (AvgIpc) is 2.52. The van der Waals surface area contributed by atoms with Gasteiger partial charge in [-0.2, -0.15) is 5.10 Å². The second kappa shape index (κ2) is 4.44. The highest BCUT2D eigenvalue weighted by molar-refractivity contribution is 5.97. The Morgan fingerprint density at radius 3 is 2.73 bits per heavy atom. The summed E-state index contributed by atoms with van der Waals surface area (Å²) in [4.78, 5) is 11.9. The van der Waals surface area contributed by atoms with Crippen LogP contribution < -0.4 is 10.6 Å². The molecule has 0 bridgehead atoms. The van der Waals surface area contributed by atoms with Gasteiger partial charge < -0.3 is 10.6 Å². The van der Waals surface area contributed by atoms with Crippen LogP contribution in [-0.4, -0.2) is 28.2 Å². The van der Waals surface area contributed by atoms with Crippen LogP contribution in [0.5, 0.6) is 0 Å². The molecule has 84 valence electrons. The summed E-state index contributed by atoms with van der Waals surface area (Å²) < 4.78 is 0. The van der Waals surface area contributed by atoms with Crippen molar-refractivity contribution < 1.29 is 4.79 Å². The molecule has 1 aromatic heterocycles. The molecular weight excluding hydrogens is 192 g/mol. The molecular formula is C10H18N4O. The van der Waals surface area contributed by atoms with Gasteiger partial charge in [0, 0.05) is 5.56 Å². The lowest BCUT2D eigenvalue weighted by molar-refractivity contribution is -0.121. The normalized spacial score (nSPS) is 11.5. The van der Waals surface area contributed by atoms with Gasteiger partial charge in [-0.3, -0.25) is 9.89 Å². The number of carbonyl (C=O) groups excluding carboxylic acids is 1. The molecule has 5 nitrogen and oxygen atoms in total. The van der Waals surface area contributed by atoms with Gasteiger partial charge in [0.1, 0.15) is 5.82 Å². The van der Waals surface area contributed by atoms with Gasteiger partial charge in [-0.1, -0.05) is 6.92 Å². The molecule has 0 aromatic carbocycles. The SMILES string of the molecule is CCNC(C)(C)C(=O)Nc1[nH]ncc1C. The number of hydrogen-bond acceptors (Lipinski definition) is 3. The molecule has 1 rings (SSSR count). The lowest BCUT2D eigenvalue weighted by atomic mass is 10.0. The third-order valence-electron chi connectivity index (χ3n) is 2.25. The number of nitrogens with one attached hydrogen (secondary N) is 3. The van der Waals surface area contributed by atoms with Crippen LogP contribution in [0.2, 0.25) is 0 Å². The molecule has 0 radical (unpaired) electrons. The molecule has 1 aromatic rings. The zero-order chi connectivity index (χ0) is 11.5. The van der Waals surface area contributed by atoms with E-state index in [1.807, 2.05) is 27.7 Å². The molecule has 15 heavy (non-hydrogen) atoms. The van der Waals surface area contributed by atoms with Crippen LogP contribution in [0.3, 0.4) is 0 Å². The number of likely N-dealkylation sites (N-methyl/N-ethyl adjacent to an activating group) is 1. The summed E-state index contributed by atoms with van der Waals surface area (Å²) in [6.45, 7) is 8.30. The Balaban J connectivity index is 2.67. The van der Waals surface area contributed by atoms with E-state index < -0.39 is 5.54 Å². The van der Waals surface area contributed by atoms with Crippen molar-refractivity contribution in [2.45, 2.75) is 33.2 Å². The van der Waals surface area contributed by atoms with Crippen molar-refractivity contribution in [1.82, 2.24) is 15.5 Å². The largest absolute Gasteiger partial charge is 0.309 e. The maximum Gasteiger partial charge on any atom is 0.245 e. The minimum absolute atomic E-state index is 0.0725. The molecule has 1 amide bonds. The first-order chi connectivity index (χ1) is 6.97. The van der Waals surface area contributed by atoms with Crippen molar-refractivity contribution in [2.24, 2.45) is 0 Å². The number of carbonyl (C=O) groups is 1. The Morgan fingerprint density at radius 1 is 1.60 bits per heavy atom. The minimum Gasteiger partial charge on any atom is -0.309 e. The topological polar surface area (TPSA) is 69.8 Å². The fraction of sp³-hybridized carbons (Fsp3) is 0.600. The van der Waals surface area contributed by atoms with Gasteiger partial charge in [-0.05, 0) is 27.3 Å². The van der Waals surface area contributed by atoms with Crippen LogP contribution in [0, 0.1) is 6.92 Å². The summed E-state index contributed by atoms with van der Waals surface area (Å²) in [7, 11) is 0. The number of nitrogens with zero attached hydrogens (tertiary/aromatic N) is 1. The Morgan fingerprint density at radius 2 is 2.27 bits per heavy atom. The molecule has 1 heterocycles. The third kappa shape index (κ3) is 2.79. The van der Waals surface area contributed by atoms with Gasteiger partial charge in [0.05, 0.1) is 11.7 Å². The van der Waals surface area contributed by atoms with E-state index in [0.717, 1.165) is 12.1 Å². The van der Waals surface area contributed by atoms with E-state index in [-0.39, 0.29) is 5.91 Å². The van der Waals surface area contributed by atoms with E-state index in [1.54, 1.807) is 6.20 Å². The van der Waals surface area contributed by atoms with Crippen LogP contribution in [-0.2, 0) is 4.79 Å². The number of aryl methyl sites for hydroxylation is 1. The first-order valence-electron chi connectivity index (χ1n) is 5.04. The molecule has 0 saturated heterocycles. The van der Waals surface area contributed by atoms with Crippen molar-refractivity contribution in [1.29, 1.82) is 0 Å². The van der Waals surface area contributed by atoms with E-state index in [1.165, 1.54) is 0 Å². The molecule has 0 aliphatic rings. The smallest absolute Gasteiger partial charge is 0.245 e. The summed E-state index contributed by atoms with van der Waals surface area (Å²) in [6.07, 6.45) is 1.68. The lowest BCUT2D eigenvalue weighted by Crippen LogP contribution is -2.49. The molecule has 0 aliphatic heterocycles. The van der Waals surface area contributed by atoms with Gasteiger partial charge in [0.2, 0.25) is 5.91 Å². The van der Waals surface area contributed by atoms with E-state index in [2.05, 4.69) is 20.8 Å². The lowest BCUT2D eigenvalue weighted by Gasteiger charge is -2.24. The average molecular weight is 210 g/mol. The fourth-order valence-corrected chi connectivity index (χ4v) is 1.26. The Kier molecular flexibility index (Phi) is 3.47. The van der Waals surface area contributed by atoms with Gasteiger partial charge >= 0.3 is 0 Å². The molecule has 0 saturated carbocycles. The zero-order valence-corrected chi connectivity index (χ0v) is 9.64. The van der Waals surface area contributed by atoms with Crippen molar-refractivity contribution in [3.8, 4) is 0 Å². The van der Waals surface area contributed by atoms with E-state index in [4.69, 9.17) is 0 Å². The van der Waals surface area contributed by atoms with Crippen LogP contribution in [0.4, 0.5) is 5.82 Å². The number of aromatic nitrogens is 2. The molecule has 5 heteroatoms. The maximum atomic E-state index is 11.9. The summed E-state index contributed by atoms with van der Waals surface area (Å²) in [5.41, 5.74) is 0.349. The first kappa shape index (κ1) is 11.7. The predicted octanol–water partition coefficient (Wildman–Crippen LogP) is 1.04. The number of H-pyrrole nitrogens is 1. The summed E-state index contributed by atoms with van der Waals surface area (Å²) >= 11 is 0. The summed E-state index contributed by atoms with van der Waals surface area (Å²) in [5.74, 6) is 0.586. The van der Waals surface area contributed by atoms with Crippen molar-refractivity contribution in [2.75, 3.05) is 11.9 Å². The molecule has 0 fully saturated rings. The molecule has 0 atom stereocenters. The standard InChI is InChI=1S/C10H18N4O/c1-5-11-10(3,4)9(15)13-8-7(2)6-12-14-8/h6,11H,5H2,1-4H3,(H2,12,13,14,15). The monoisotopic (exact) mass is 210 g/mol. The van der Waals surface area contributed by atoms with Gasteiger partial charge in [0.15, 0.2) is 0 Å². The van der Waals surface area contributed by atoms with E-state index in [0.29, 0.717) is 5.82 Å². The maximum absolute atomic E-state index is 11.9. The van der Waals surface area contributed by atoms with Gasteiger partial charge in [0.25, 0.3) is 0 Å². The first-order valence-corrected chi connectivity index (χ1v) is 5.04. The van der Waals surface area contributed by atoms with Crippen LogP contribution in [0.25, 0.3) is 0 Å². The zero-order valence-electron chi connectivity index (χ0n) is 9.64. The number of rotatable bonds is 4.